The molecule has 2 aliphatic rings. The Morgan fingerprint density at radius 3 is 2.27 bits per heavy atom. The number of aliphatic hydroxyl groups is 1. The smallest absolute Gasteiger partial charge is 0.337 e. The molecule has 10 nitrogen and oxygen atoms in total. The van der Waals surface area contributed by atoms with E-state index in [1.54, 1.807) is 18.2 Å². The van der Waals surface area contributed by atoms with Crippen LogP contribution in [0.3, 0.4) is 0 Å². The lowest BCUT2D eigenvalue weighted by atomic mass is 9.67. The van der Waals surface area contributed by atoms with Gasteiger partial charge in [-0.25, -0.2) is 19.2 Å². The van der Waals surface area contributed by atoms with Crippen LogP contribution >= 0.6 is 0 Å². The van der Waals surface area contributed by atoms with Gasteiger partial charge in [0.1, 0.15) is 17.8 Å². The molecule has 33 heavy (non-hydrogen) atoms. The number of hydrogen-bond acceptors (Lipinski definition) is 10. The number of hydrogen-bond donors (Lipinski definition) is 1. The van der Waals surface area contributed by atoms with Gasteiger partial charge in [0.2, 0.25) is 0 Å². The number of rotatable bonds is 9. The van der Waals surface area contributed by atoms with Crippen molar-refractivity contribution in [3.8, 4) is 0 Å². The Labute approximate surface area is 191 Å². The summed E-state index contributed by atoms with van der Waals surface area (Å²) in [5.41, 5.74) is -2.26. The van der Waals surface area contributed by atoms with Crippen molar-refractivity contribution in [3.05, 3.63) is 47.1 Å². The van der Waals surface area contributed by atoms with Crippen molar-refractivity contribution < 1.29 is 48.0 Å². The second-order valence-corrected chi connectivity index (χ2v) is 7.98. The topological polar surface area (TPSA) is 135 Å². The van der Waals surface area contributed by atoms with E-state index in [9.17, 15) is 24.3 Å². The van der Waals surface area contributed by atoms with Crippen LogP contribution in [0.15, 0.2) is 47.1 Å². The average molecular weight is 464 g/mol. The molecule has 0 aromatic rings. The summed E-state index contributed by atoms with van der Waals surface area (Å²) >= 11 is 0. The molecule has 0 unspecified atom stereocenters. The number of aliphatic hydroxyl groups excluding tert-OH is 1. The van der Waals surface area contributed by atoms with Crippen molar-refractivity contribution in [3.63, 3.8) is 0 Å². The van der Waals surface area contributed by atoms with Crippen molar-refractivity contribution in [1.29, 1.82) is 0 Å². The third-order valence-corrected chi connectivity index (χ3v) is 5.70. The number of carbonyl (C=O) groups excluding carboxylic acids is 4. The first-order chi connectivity index (χ1) is 15.5. The molecule has 3 atom stereocenters. The predicted molar refractivity (Wildman–Crippen MR) is 113 cm³/mol. The highest BCUT2D eigenvalue weighted by Gasteiger charge is 2.60. The molecule has 0 aliphatic carbocycles. The summed E-state index contributed by atoms with van der Waals surface area (Å²) in [6, 6.07) is 0. The van der Waals surface area contributed by atoms with E-state index in [2.05, 4.69) is 9.47 Å². The Balaban J connectivity index is 2.36. The van der Waals surface area contributed by atoms with Gasteiger partial charge in [-0.05, 0) is 12.5 Å². The fraction of sp³-hybridized carbons (Fsp3) is 0.478. The number of ether oxygens (including phenoxy) is 5. The van der Waals surface area contributed by atoms with Gasteiger partial charge in [0.25, 0.3) is 0 Å². The third kappa shape index (κ3) is 4.76. The van der Waals surface area contributed by atoms with E-state index in [4.69, 9.17) is 14.2 Å². The fourth-order valence-corrected chi connectivity index (χ4v) is 3.87. The maximum absolute atomic E-state index is 12.6. The first-order valence-electron chi connectivity index (χ1n) is 10.0. The average Bonchev–Trinajstić information content (AvgIpc) is 3.39. The molecular weight excluding hydrogens is 436 g/mol. The van der Waals surface area contributed by atoms with Gasteiger partial charge >= 0.3 is 23.9 Å². The Morgan fingerprint density at radius 1 is 1.09 bits per heavy atom. The summed E-state index contributed by atoms with van der Waals surface area (Å²) in [7, 11) is 4.67. The molecule has 0 aromatic heterocycles. The molecular formula is C23H28O10. The van der Waals surface area contributed by atoms with Crippen molar-refractivity contribution in [1.82, 2.24) is 0 Å². The van der Waals surface area contributed by atoms with E-state index in [-0.39, 0.29) is 23.1 Å². The first-order valence-corrected chi connectivity index (χ1v) is 10.0. The van der Waals surface area contributed by atoms with E-state index in [0.717, 1.165) is 20.3 Å². The van der Waals surface area contributed by atoms with Crippen molar-refractivity contribution >= 4 is 23.9 Å². The fourth-order valence-electron chi connectivity index (χ4n) is 3.87. The van der Waals surface area contributed by atoms with Crippen LogP contribution in [0.2, 0.25) is 0 Å². The zero-order chi connectivity index (χ0) is 25.0. The van der Waals surface area contributed by atoms with Gasteiger partial charge < -0.3 is 28.8 Å². The van der Waals surface area contributed by atoms with Crippen molar-refractivity contribution in [2.45, 2.75) is 38.1 Å². The number of methoxy groups -OCH3 is 4. The lowest BCUT2D eigenvalue weighted by molar-refractivity contribution is -0.140. The van der Waals surface area contributed by atoms with Crippen molar-refractivity contribution in [2.24, 2.45) is 5.41 Å². The van der Waals surface area contributed by atoms with Gasteiger partial charge in [-0.15, -0.1) is 0 Å². The number of fused-ring (bicyclic) bond motifs is 2. The molecule has 1 N–H and O–H groups in total. The van der Waals surface area contributed by atoms with E-state index in [1.807, 2.05) is 13.8 Å². The normalized spacial score (nSPS) is 23.0. The van der Waals surface area contributed by atoms with Crippen LogP contribution in [0.4, 0.5) is 0 Å². The Kier molecular flexibility index (Phi) is 7.99. The highest BCUT2D eigenvalue weighted by molar-refractivity contribution is 6.05. The number of carbonyl (C=O) groups is 4. The Bertz CT molecular complexity index is 952. The molecule has 0 spiro atoms. The lowest BCUT2D eigenvalue weighted by Crippen LogP contribution is -2.46. The molecule has 2 aliphatic heterocycles. The van der Waals surface area contributed by atoms with Crippen LogP contribution in [0, 0.1) is 5.41 Å². The number of esters is 4. The van der Waals surface area contributed by atoms with Gasteiger partial charge in [-0.2, -0.15) is 0 Å². The van der Waals surface area contributed by atoms with E-state index in [1.165, 1.54) is 20.3 Å². The van der Waals surface area contributed by atoms with E-state index >= 15 is 0 Å². The zero-order valence-electron chi connectivity index (χ0n) is 19.4. The molecule has 0 amide bonds. The summed E-state index contributed by atoms with van der Waals surface area (Å²) in [5, 5.41) is 10.4. The van der Waals surface area contributed by atoms with Crippen LogP contribution < -0.4 is 0 Å². The molecule has 0 aromatic carbocycles. The third-order valence-electron chi connectivity index (χ3n) is 5.70. The Morgan fingerprint density at radius 2 is 1.73 bits per heavy atom. The highest BCUT2D eigenvalue weighted by atomic mass is 16.6. The van der Waals surface area contributed by atoms with Gasteiger partial charge in [-0.3, -0.25) is 0 Å². The molecule has 0 fully saturated rings. The van der Waals surface area contributed by atoms with Crippen molar-refractivity contribution in [2.75, 3.05) is 28.4 Å². The second-order valence-electron chi connectivity index (χ2n) is 7.98. The predicted octanol–water partition coefficient (Wildman–Crippen LogP) is 0.942. The molecule has 180 valence electrons. The minimum Gasteiger partial charge on any atom is -0.466 e. The molecule has 2 rings (SSSR count). The van der Waals surface area contributed by atoms with Gasteiger partial charge in [0, 0.05) is 11.5 Å². The summed E-state index contributed by atoms with van der Waals surface area (Å²) in [6.45, 7) is 3.62. The lowest BCUT2D eigenvalue weighted by Gasteiger charge is -2.40. The maximum atomic E-state index is 12.6. The zero-order valence-corrected chi connectivity index (χ0v) is 19.4. The van der Waals surface area contributed by atoms with Crippen LogP contribution in [0.5, 0.6) is 0 Å². The maximum Gasteiger partial charge on any atom is 0.337 e. The highest BCUT2D eigenvalue weighted by Crippen LogP contribution is 2.54. The minimum atomic E-state index is -1.46. The second kappa shape index (κ2) is 10.1. The van der Waals surface area contributed by atoms with Crippen LogP contribution in [-0.4, -0.2) is 75.2 Å². The summed E-state index contributed by atoms with van der Waals surface area (Å²) in [4.78, 5) is 48.4. The van der Waals surface area contributed by atoms with Crippen LogP contribution in [0.1, 0.15) is 20.3 Å². The van der Waals surface area contributed by atoms with E-state index in [0.29, 0.717) is 0 Å². The summed E-state index contributed by atoms with van der Waals surface area (Å²) in [5.74, 6) is -3.13. The van der Waals surface area contributed by atoms with Gasteiger partial charge in [0.15, 0.2) is 0 Å². The molecule has 0 saturated heterocycles. The molecule has 0 saturated carbocycles. The van der Waals surface area contributed by atoms with Gasteiger partial charge in [-0.1, -0.05) is 32.1 Å². The van der Waals surface area contributed by atoms with Crippen LogP contribution in [0.25, 0.3) is 0 Å². The molecule has 0 radical (unpaired) electrons. The minimum absolute atomic E-state index is 0.0594. The van der Waals surface area contributed by atoms with E-state index < -0.39 is 47.1 Å². The quantitative estimate of drug-likeness (QED) is 0.227. The SMILES string of the molecule is COC(=O)/C=C(\C(=O)OC)[C@@H](O)/C=C\CC(C)(C)[C@@]12C=C[C@@H](O1)C(C(=O)OC)=C2C(=O)OC. The molecule has 10 heteroatoms. The van der Waals surface area contributed by atoms with Crippen LogP contribution in [-0.2, 0) is 42.9 Å². The largest absolute Gasteiger partial charge is 0.466 e. The standard InChI is InChI=1S/C23H28O10/c1-22(2,10-7-8-14(24)13(19(26)30-4)12-16(25)29-3)23-11-9-15(33-23)17(20(27)31-5)18(23)21(28)32-6/h7-9,11-12,14-15,24H,10H2,1-6H3/b8-7-,13-12-/t14-,15+,23-/m0/s1. The number of allylic oxidation sites excluding steroid dienone is 1. The summed E-state index contributed by atoms with van der Waals surface area (Å²) < 4.78 is 24.9. The first kappa shape index (κ1) is 26.0. The van der Waals surface area contributed by atoms with Gasteiger partial charge in [0.05, 0.1) is 45.2 Å². The molecule has 2 bridgehead atoms. The monoisotopic (exact) mass is 464 g/mol. The molecule has 2 heterocycles. The summed E-state index contributed by atoms with van der Waals surface area (Å²) in [6.07, 6.45) is 5.13. The Hall–Kier alpha value is -3.24.